The number of methoxy groups -OCH3 is 1. The van der Waals surface area contributed by atoms with Crippen LogP contribution in [0.4, 0.5) is 5.69 Å². The molecule has 19 heavy (non-hydrogen) atoms. The number of nitrogens with one attached hydrogen (secondary N) is 1. The Labute approximate surface area is 111 Å². The van der Waals surface area contributed by atoms with E-state index < -0.39 is 11.9 Å². The molecule has 0 fully saturated rings. The lowest BCUT2D eigenvalue weighted by molar-refractivity contribution is -0.142. The smallest absolute Gasteiger partial charge is 0.338 e. The van der Waals surface area contributed by atoms with Crippen molar-refractivity contribution in [1.82, 2.24) is 0 Å². The first kappa shape index (κ1) is 15.0. The second kappa shape index (κ2) is 6.75. The maximum absolute atomic E-state index is 11.7. The minimum Gasteiger partial charge on any atom is -0.480 e. The van der Waals surface area contributed by atoms with E-state index in [9.17, 15) is 9.59 Å². The van der Waals surface area contributed by atoms with E-state index in [1.165, 1.54) is 7.11 Å². The molecule has 0 aliphatic carbocycles. The summed E-state index contributed by atoms with van der Waals surface area (Å²) in [6.07, 6.45) is 0. The minimum absolute atomic E-state index is 0.116. The van der Waals surface area contributed by atoms with Crippen molar-refractivity contribution in [2.45, 2.75) is 13.5 Å². The number of carboxylic acid groups (broad SMARTS) is 1. The average Bonchev–Trinajstić information content (AvgIpc) is 2.39. The van der Waals surface area contributed by atoms with E-state index in [0.29, 0.717) is 11.1 Å². The first-order chi connectivity index (χ1) is 8.99. The maximum atomic E-state index is 11.7. The third-order valence-electron chi connectivity index (χ3n) is 2.64. The maximum Gasteiger partial charge on any atom is 0.338 e. The van der Waals surface area contributed by atoms with Crippen molar-refractivity contribution >= 4 is 17.6 Å². The van der Waals surface area contributed by atoms with Gasteiger partial charge >= 0.3 is 11.9 Å². The number of aliphatic carboxylic acids is 1. The lowest BCUT2D eigenvalue weighted by Crippen LogP contribution is -2.10. The third kappa shape index (κ3) is 3.96. The first-order valence-electron chi connectivity index (χ1n) is 5.68. The topological polar surface area (TPSA) is 84.9 Å². The summed E-state index contributed by atoms with van der Waals surface area (Å²) in [5, 5.41) is 11.5. The van der Waals surface area contributed by atoms with Crippen molar-refractivity contribution < 1.29 is 24.2 Å². The molecule has 0 aliphatic heterocycles. The summed E-state index contributed by atoms with van der Waals surface area (Å²) >= 11 is 0. The largest absolute Gasteiger partial charge is 0.480 e. The Balaban J connectivity index is 2.99. The fourth-order valence-corrected chi connectivity index (χ4v) is 1.70. The fraction of sp³-hybridized carbons (Fsp3) is 0.385. The van der Waals surface area contributed by atoms with Crippen molar-refractivity contribution in [2.75, 3.05) is 26.1 Å². The van der Waals surface area contributed by atoms with Crippen LogP contribution < -0.4 is 5.32 Å². The number of benzene rings is 1. The van der Waals surface area contributed by atoms with Gasteiger partial charge in [0.1, 0.15) is 6.61 Å². The Morgan fingerprint density at radius 1 is 1.37 bits per heavy atom. The molecule has 0 unspecified atom stereocenters. The molecule has 1 aromatic rings. The normalized spacial score (nSPS) is 10.1. The van der Waals surface area contributed by atoms with Crippen LogP contribution in [-0.4, -0.2) is 37.8 Å². The first-order valence-corrected chi connectivity index (χ1v) is 5.68. The van der Waals surface area contributed by atoms with E-state index in [2.05, 4.69) is 5.32 Å². The summed E-state index contributed by atoms with van der Waals surface area (Å²) in [7, 11) is 3.06. The lowest BCUT2D eigenvalue weighted by Gasteiger charge is -2.13. The van der Waals surface area contributed by atoms with Gasteiger partial charge in [-0.1, -0.05) is 0 Å². The molecule has 2 N–H and O–H groups in total. The molecule has 0 aliphatic rings. The molecule has 104 valence electrons. The van der Waals surface area contributed by atoms with Crippen LogP contribution in [0.1, 0.15) is 21.5 Å². The van der Waals surface area contributed by atoms with Crippen LogP contribution >= 0.6 is 0 Å². The van der Waals surface area contributed by atoms with Crippen molar-refractivity contribution in [3.05, 3.63) is 28.8 Å². The second-order valence-electron chi connectivity index (χ2n) is 3.94. The van der Waals surface area contributed by atoms with Crippen LogP contribution in [0.5, 0.6) is 0 Å². The molecule has 0 heterocycles. The molecule has 1 rings (SSSR count). The average molecular weight is 267 g/mol. The molecule has 6 nitrogen and oxygen atoms in total. The Kier molecular flexibility index (Phi) is 5.32. The van der Waals surface area contributed by atoms with Crippen LogP contribution in [0.2, 0.25) is 0 Å². The van der Waals surface area contributed by atoms with E-state index in [1.54, 1.807) is 20.0 Å². The fourth-order valence-electron chi connectivity index (χ4n) is 1.70. The Hall–Kier alpha value is -2.08. The standard InChI is InChI=1S/C13H17NO5/c1-8-10(13(17)18-3)4-9(5-11(8)14-2)6-19-7-12(15)16/h4-5,14H,6-7H2,1-3H3,(H,15,16). The van der Waals surface area contributed by atoms with Gasteiger partial charge in [-0.2, -0.15) is 0 Å². The van der Waals surface area contributed by atoms with Crippen LogP contribution in [-0.2, 0) is 20.9 Å². The number of carbonyl (C=O) groups is 2. The molecule has 1 aromatic carbocycles. The highest BCUT2D eigenvalue weighted by Gasteiger charge is 2.14. The van der Waals surface area contributed by atoms with Crippen molar-refractivity contribution in [1.29, 1.82) is 0 Å². The van der Waals surface area contributed by atoms with Gasteiger partial charge in [0.05, 0.1) is 19.3 Å². The summed E-state index contributed by atoms with van der Waals surface area (Å²) in [6.45, 7) is 1.54. The number of ether oxygens (including phenoxy) is 2. The highest BCUT2D eigenvalue weighted by molar-refractivity contribution is 5.93. The quantitative estimate of drug-likeness (QED) is 0.758. The van der Waals surface area contributed by atoms with Gasteiger partial charge in [-0.3, -0.25) is 0 Å². The number of rotatable bonds is 6. The number of hydrogen-bond acceptors (Lipinski definition) is 5. The number of hydrogen-bond donors (Lipinski definition) is 2. The second-order valence-corrected chi connectivity index (χ2v) is 3.94. The summed E-state index contributed by atoms with van der Waals surface area (Å²) in [5.74, 6) is -1.47. The molecule has 0 radical (unpaired) electrons. The number of carbonyl (C=O) groups excluding carboxylic acids is 1. The van der Waals surface area contributed by atoms with Gasteiger partial charge in [0.2, 0.25) is 0 Å². The predicted octanol–water partition coefficient (Wildman–Crippen LogP) is 1.42. The molecule has 0 bridgehead atoms. The third-order valence-corrected chi connectivity index (χ3v) is 2.64. The SMILES string of the molecule is CNc1cc(COCC(=O)O)cc(C(=O)OC)c1C. The molecule has 0 spiro atoms. The number of anilines is 1. The Morgan fingerprint density at radius 2 is 2.05 bits per heavy atom. The van der Waals surface area contributed by atoms with Gasteiger partial charge in [-0.25, -0.2) is 9.59 Å². The van der Waals surface area contributed by atoms with Crippen molar-refractivity contribution in [3.63, 3.8) is 0 Å². The van der Waals surface area contributed by atoms with E-state index in [-0.39, 0.29) is 13.2 Å². The summed E-state index contributed by atoms with van der Waals surface area (Å²) in [6, 6.07) is 3.45. The number of esters is 1. The van der Waals surface area contributed by atoms with Crippen LogP contribution in [0, 0.1) is 6.92 Å². The Bertz CT molecular complexity index is 484. The summed E-state index contributed by atoms with van der Waals surface area (Å²) in [4.78, 5) is 22.0. The van der Waals surface area contributed by atoms with Gasteiger partial charge in [0.15, 0.2) is 0 Å². The van der Waals surface area contributed by atoms with Gasteiger partial charge in [0, 0.05) is 12.7 Å². The molecule has 0 saturated carbocycles. The molecule has 6 heteroatoms. The highest BCUT2D eigenvalue weighted by Crippen LogP contribution is 2.22. The zero-order chi connectivity index (χ0) is 14.4. The highest BCUT2D eigenvalue weighted by atomic mass is 16.5. The van der Waals surface area contributed by atoms with Gasteiger partial charge in [-0.05, 0) is 30.2 Å². The van der Waals surface area contributed by atoms with E-state index in [1.807, 2.05) is 6.07 Å². The zero-order valence-electron chi connectivity index (χ0n) is 11.1. The zero-order valence-corrected chi connectivity index (χ0v) is 11.1. The van der Waals surface area contributed by atoms with E-state index in [0.717, 1.165) is 11.3 Å². The van der Waals surface area contributed by atoms with Crippen LogP contribution in [0.3, 0.4) is 0 Å². The van der Waals surface area contributed by atoms with Crippen LogP contribution in [0.25, 0.3) is 0 Å². The molecule has 0 aromatic heterocycles. The lowest BCUT2D eigenvalue weighted by atomic mass is 10.0. The summed E-state index contributed by atoms with van der Waals surface area (Å²) in [5.41, 5.74) is 2.69. The van der Waals surface area contributed by atoms with Gasteiger partial charge in [0.25, 0.3) is 0 Å². The van der Waals surface area contributed by atoms with Gasteiger partial charge in [-0.15, -0.1) is 0 Å². The van der Waals surface area contributed by atoms with E-state index in [4.69, 9.17) is 14.6 Å². The summed E-state index contributed by atoms with van der Waals surface area (Å²) < 4.78 is 9.72. The van der Waals surface area contributed by atoms with Gasteiger partial charge < -0.3 is 19.9 Å². The van der Waals surface area contributed by atoms with E-state index >= 15 is 0 Å². The molecular weight excluding hydrogens is 250 g/mol. The number of carboxylic acids is 1. The molecular formula is C13H17NO5. The molecule has 0 amide bonds. The Morgan fingerprint density at radius 3 is 2.58 bits per heavy atom. The molecule has 0 atom stereocenters. The predicted molar refractivity (Wildman–Crippen MR) is 69.4 cm³/mol. The monoisotopic (exact) mass is 267 g/mol. The minimum atomic E-state index is -1.03. The van der Waals surface area contributed by atoms with Crippen LogP contribution in [0.15, 0.2) is 12.1 Å². The molecule has 0 saturated heterocycles. The van der Waals surface area contributed by atoms with Crippen molar-refractivity contribution in [2.24, 2.45) is 0 Å². The van der Waals surface area contributed by atoms with Crippen molar-refractivity contribution in [3.8, 4) is 0 Å².